The number of sulfonamides is 1. The van der Waals surface area contributed by atoms with Crippen molar-refractivity contribution in [3.8, 4) is 0 Å². The monoisotopic (exact) mass is 285 g/mol. The first-order valence-corrected chi connectivity index (χ1v) is 7.02. The molecule has 1 aromatic heterocycles. The summed E-state index contributed by atoms with van der Waals surface area (Å²) in [5.41, 5.74) is 0. The lowest BCUT2D eigenvalue weighted by Gasteiger charge is -2.15. The third-order valence-corrected chi connectivity index (χ3v) is 4.52. The number of aromatic nitrogens is 2. The van der Waals surface area contributed by atoms with E-state index in [1.165, 1.54) is 23.5 Å². The van der Waals surface area contributed by atoms with Crippen LogP contribution in [0.2, 0.25) is 5.02 Å². The summed E-state index contributed by atoms with van der Waals surface area (Å²) in [6.07, 6.45) is 3.23. The van der Waals surface area contributed by atoms with Crippen molar-refractivity contribution in [2.45, 2.75) is 11.4 Å². The first kappa shape index (κ1) is 13.1. The van der Waals surface area contributed by atoms with Crippen LogP contribution in [0.25, 0.3) is 0 Å². The van der Waals surface area contributed by atoms with Crippen LogP contribution >= 0.6 is 11.6 Å². The lowest BCUT2D eigenvalue weighted by atomic mass is 10.4. The minimum Gasteiger partial charge on any atom is -0.347 e. The number of hydrogen-bond donors (Lipinski definition) is 1. The van der Waals surface area contributed by atoms with Gasteiger partial charge in [-0.1, -0.05) is 11.6 Å². The molecule has 5 nitrogen and oxygen atoms in total. The van der Waals surface area contributed by atoms with Gasteiger partial charge in [-0.05, 0) is 24.3 Å². The molecule has 0 aliphatic carbocycles. The van der Waals surface area contributed by atoms with Crippen molar-refractivity contribution in [2.75, 3.05) is 7.05 Å². The maximum Gasteiger partial charge on any atom is 0.243 e. The number of nitrogens with one attached hydrogen (secondary N) is 1. The molecule has 2 rings (SSSR count). The van der Waals surface area contributed by atoms with Crippen LogP contribution in [0.1, 0.15) is 5.82 Å². The van der Waals surface area contributed by atoms with E-state index >= 15 is 0 Å². The van der Waals surface area contributed by atoms with E-state index < -0.39 is 10.0 Å². The molecule has 0 amide bonds. The van der Waals surface area contributed by atoms with Gasteiger partial charge in [0, 0.05) is 24.5 Å². The molecule has 1 heterocycles. The highest BCUT2D eigenvalue weighted by atomic mass is 35.5. The van der Waals surface area contributed by atoms with Crippen LogP contribution in [0.5, 0.6) is 0 Å². The van der Waals surface area contributed by atoms with Crippen LogP contribution in [0.3, 0.4) is 0 Å². The summed E-state index contributed by atoms with van der Waals surface area (Å²) in [5.74, 6) is 0.593. The minimum absolute atomic E-state index is 0.192. The summed E-state index contributed by atoms with van der Waals surface area (Å²) in [6.45, 7) is 0.192. The molecular formula is C11H12ClN3O2S. The van der Waals surface area contributed by atoms with Gasteiger partial charge in [-0.3, -0.25) is 0 Å². The van der Waals surface area contributed by atoms with E-state index in [9.17, 15) is 8.42 Å². The van der Waals surface area contributed by atoms with Crippen LogP contribution in [0.4, 0.5) is 0 Å². The zero-order valence-corrected chi connectivity index (χ0v) is 11.2. The Morgan fingerprint density at radius 1 is 1.33 bits per heavy atom. The number of H-pyrrole nitrogens is 1. The number of benzene rings is 1. The first-order chi connectivity index (χ1) is 8.50. The Kier molecular flexibility index (Phi) is 3.70. The fourth-order valence-corrected chi connectivity index (χ4v) is 2.72. The zero-order chi connectivity index (χ0) is 13.2. The Bertz CT molecular complexity index is 608. The summed E-state index contributed by atoms with van der Waals surface area (Å²) in [4.78, 5) is 7.07. The smallest absolute Gasteiger partial charge is 0.243 e. The molecule has 18 heavy (non-hydrogen) atoms. The fourth-order valence-electron chi connectivity index (χ4n) is 1.47. The Balaban J connectivity index is 2.22. The quantitative estimate of drug-likeness (QED) is 0.933. The van der Waals surface area contributed by atoms with E-state index in [0.29, 0.717) is 10.8 Å². The molecule has 0 radical (unpaired) electrons. The van der Waals surface area contributed by atoms with E-state index in [4.69, 9.17) is 11.6 Å². The van der Waals surface area contributed by atoms with Gasteiger partial charge < -0.3 is 4.98 Å². The SMILES string of the molecule is CN(Cc1ncc[nH]1)S(=O)(=O)c1ccc(Cl)cc1. The van der Waals surface area contributed by atoms with Gasteiger partial charge in [-0.15, -0.1) is 0 Å². The molecule has 2 aromatic rings. The van der Waals surface area contributed by atoms with Crippen molar-refractivity contribution in [3.05, 3.63) is 47.5 Å². The third-order valence-electron chi connectivity index (χ3n) is 2.45. The lowest BCUT2D eigenvalue weighted by molar-refractivity contribution is 0.458. The summed E-state index contributed by atoms with van der Waals surface area (Å²) >= 11 is 5.73. The van der Waals surface area contributed by atoms with Crippen molar-refractivity contribution in [2.24, 2.45) is 0 Å². The van der Waals surface area contributed by atoms with Gasteiger partial charge in [0.05, 0.1) is 11.4 Å². The van der Waals surface area contributed by atoms with Crippen molar-refractivity contribution >= 4 is 21.6 Å². The molecule has 0 unspecified atom stereocenters. The molecule has 0 bridgehead atoms. The molecule has 0 aliphatic heterocycles. The Morgan fingerprint density at radius 3 is 2.56 bits per heavy atom. The Labute approximate surface area is 110 Å². The standard InChI is InChI=1S/C11H12ClN3O2S/c1-15(8-11-13-6-7-14-11)18(16,17)10-4-2-9(12)3-5-10/h2-7H,8H2,1H3,(H,13,14). The van der Waals surface area contributed by atoms with Crippen LogP contribution in [-0.2, 0) is 16.6 Å². The minimum atomic E-state index is -3.52. The van der Waals surface area contributed by atoms with Crippen LogP contribution < -0.4 is 0 Å². The fraction of sp³-hybridized carbons (Fsp3) is 0.182. The van der Waals surface area contributed by atoms with Gasteiger partial charge in [0.15, 0.2) is 0 Å². The molecule has 0 aliphatic rings. The van der Waals surface area contributed by atoms with Gasteiger partial charge >= 0.3 is 0 Å². The van der Waals surface area contributed by atoms with Crippen molar-refractivity contribution in [1.82, 2.24) is 14.3 Å². The normalized spacial score (nSPS) is 11.9. The second-order valence-corrected chi connectivity index (χ2v) is 6.23. The highest BCUT2D eigenvalue weighted by Gasteiger charge is 2.21. The Hall–Kier alpha value is -1.37. The van der Waals surface area contributed by atoms with Crippen molar-refractivity contribution in [1.29, 1.82) is 0 Å². The molecular weight excluding hydrogens is 274 g/mol. The lowest BCUT2D eigenvalue weighted by Crippen LogP contribution is -2.26. The molecule has 1 aromatic carbocycles. The number of aromatic amines is 1. The molecule has 0 saturated carbocycles. The van der Waals surface area contributed by atoms with Gasteiger partial charge in [-0.2, -0.15) is 4.31 Å². The molecule has 1 N–H and O–H groups in total. The average Bonchev–Trinajstić information content (AvgIpc) is 2.82. The third kappa shape index (κ3) is 2.72. The molecule has 0 saturated heterocycles. The van der Waals surface area contributed by atoms with Gasteiger partial charge in [0.25, 0.3) is 0 Å². The summed E-state index contributed by atoms with van der Waals surface area (Å²) < 4.78 is 25.7. The van der Waals surface area contributed by atoms with E-state index in [-0.39, 0.29) is 11.4 Å². The van der Waals surface area contributed by atoms with Crippen molar-refractivity contribution < 1.29 is 8.42 Å². The van der Waals surface area contributed by atoms with E-state index in [1.54, 1.807) is 24.5 Å². The van der Waals surface area contributed by atoms with E-state index in [2.05, 4.69) is 9.97 Å². The predicted molar refractivity (Wildman–Crippen MR) is 68.7 cm³/mol. The second kappa shape index (κ2) is 5.09. The molecule has 0 spiro atoms. The first-order valence-electron chi connectivity index (χ1n) is 5.20. The molecule has 0 atom stereocenters. The number of nitrogens with zero attached hydrogens (tertiary/aromatic N) is 2. The zero-order valence-electron chi connectivity index (χ0n) is 9.67. The summed E-state index contributed by atoms with van der Waals surface area (Å²) in [5, 5.41) is 0.502. The van der Waals surface area contributed by atoms with Crippen LogP contribution in [0, 0.1) is 0 Å². The topological polar surface area (TPSA) is 66.1 Å². The number of hydrogen-bond acceptors (Lipinski definition) is 3. The Morgan fingerprint density at radius 2 is 2.00 bits per heavy atom. The predicted octanol–water partition coefficient (Wildman–Crippen LogP) is 1.88. The molecule has 0 fully saturated rings. The van der Waals surface area contributed by atoms with Gasteiger partial charge in [-0.25, -0.2) is 13.4 Å². The van der Waals surface area contributed by atoms with Gasteiger partial charge in [0.1, 0.15) is 5.82 Å². The van der Waals surface area contributed by atoms with E-state index in [0.717, 1.165) is 0 Å². The highest BCUT2D eigenvalue weighted by molar-refractivity contribution is 7.89. The largest absolute Gasteiger partial charge is 0.347 e. The highest BCUT2D eigenvalue weighted by Crippen LogP contribution is 2.18. The van der Waals surface area contributed by atoms with Crippen LogP contribution in [0.15, 0.2) is 41.6 Å². The maximum absolute atomic E-state index is 12.2. The van der Waals surface area contributed by atoms with Gasteiger partial charge in [0.2, 0.25) is 10.0 Å². The second-order valence-electron chi connectivity index (χ2n) is 3.75. The average molecular weight is 286 g/mol. The number of rotatable bonds is 4. The summed E-state index contributed by atoms with van der Waals surface area (Å²) in [6, 6.07) is 6.07. The van der Waals surface area contributed by atoms with Crippen LogP contribution in [-0.4, -0.2) is 29.7 Å². The molecule has 7 heteroatoms. The summed E-state index contributed by atoms with van der Waals surface area (Å²) in [7, 11) is -2.01. The number of imidazole rings is 1. The number of halogens is 1. The molecule has 96 valence electrons. The maximum atomic E-state index is 12.2. The van der Waals surface area contributed by atoms with Crippen molar-refractivity contribution in [3.63, 3.8) is 0 Å². The van der Waals surface area contributed by atoms with E-state index in [1.807, 2.05) is 0 Å².